The first-order chi connectivity index (χ1) is 12.1. The minimum Gasteiger partial charge on any atom is -0.469 e. The van der Waals surface area contributed by atoms with E-state index >= 15 is 0 Å². The van der Waals surface area contributed by atoms with E-state index in [1.807, 2.05) is 38.4 Å². The van der Waals surface area contributed by atoms with E-state index in [0.717, 1.165) is 11.3 Å². The molecule has 4 heteroatoms. The van der Waals surface area contributed by atoms with E-state index in [0.29, 0.717) is 0 Å². The van der Waals surface area contributed by atoms with E-state index < -0.39 is 0 Å². The van der Waals surface area contributed by atoms with Crippen LogP contribution in [0.25, 0.3) is 10.5 Å². The van der Waals surface area contributed by atoms with E-state index in [2.05, 4.69) is 41.3 Å². The molecule has 3 rings (SSSR count). The molecular weight excluding hydrogens is 330 g/mol. The largest absolute Gasteiger partial charge is 0.469 e. The predicted molar refractivity (Wildman–Crippen MR) is 105 cm³/mol. The van der Waals surface area contributed by atoms with Crippen molar-refractivity contribution in [2.24, 2.45) is 5.92 Å². The van der Waals surface area contributed by atoms with Gasteiger partial charge in [-0.3, -0.25) is 4.79 Å². The number of likely N-dealkylation sites (N-methyl/N-ethyl adjacent to an activating group) is 1. The van der Waals surface area contributed by atoms with Crippen LogP contribution in [0.3, 0.4) is 0 Å². The molecule has 2 aromatic rings. The van der Waals surface area contributed by atoms with Crippen molar-refractivity contribution in [1.29, 1.82) is 0 Å². The first kappa shape index (κ1) is 17.8. The molecule has 0 bridgehead atoms. The highest BCUT2D eigenvalue weighted by Gasteiger charge is 2.39. The van der Waals surface area contributed by atoms with Gasteiger partial charge in [0.1, 0.15) is 0 Å². The number of hydrogen-bond acceptors (Lipinski definition) is 4. The van der Waals surface area contributed by atoms with Crippen LogP contribution in [0.5, 0.6) is 0 Å². The minimum absolute atomic E-state index is 0.0219. The lowest BCUT2D eigenvalue weighted by atomic mass is 9.86. The number of carbonyl (C=O) groups is 1. The summed E-state index contributed by atoms with van der Waals surface area (Å²) in [5.74, 6) is 0.384. The molecule has 1 aliphatic rings. The second kappa shape index (κ2) is 7.89. The van der Waals surface area contributed by atoms with E-state index in [1.165, 1.54) is 23.2 Å². The molecule has 2 unspecified atom stereocenters. The fourth-order valence-electron chi connectivity index (χ4n) is 3.39. The Morgan fingerprint density at radius 1 is 1.00 bits per heavy atom. The summed E-state index contributed by atoms with van der Waals surface area (Å²) >= 11 is 1.74. The Morgan fingerprint density at radius 2 is 1.56 bits per heavy atom. The summed E-state index contributed by atoms with van der Waals surface area (Å²) in [7, 11) is 5.53. The van der Waals surface area contributed by atoms with Gasteiger partial charge in [0, 0.05) is 10.7 Å². The molecule has 130 valence electrons. The van der Waals surface area contributed by atoms with Gasteiger partial charge < -0.3 is 9.64 Å². The van der Waals surface area contributed by atoms with Gasteiger partial charge in [0.25, 0.3) is 0 Å². The third-order valence-electron chi connectivity index (χ3n) is 4.51. The Kier molecular flexibility index (Phi) is 5.61. The monoisotopic (exact) mass is 353 g/mol. The topological polar surface area (TPSA) is 29.5 Å². The standard InChI is InChI=1S/C21H23NO2S/c1-22(2)19-17(21(23)24-3)14-25-20(16-12-8-5-9-13-16)18(19)15-10-6-4-7-11-15/h4-13,17,19H,14H2,1-3H3. The van der Waals surface area contributed by atoms with Crippen LogP contribution in [-0.2, 0) is 9.53 Å². The van der Waals surface area contributed by atoms with Crippen molar-refractivity contribution in [3.8, 4) is 0 Å². The first-order valence-corrected chi connectivity index (χ1v) is 9.34. The van der Waals surface area contributed by atoms with Crippen LogP contribution in [0.1, 0.15) is 11.1 Å². The summed E-state index contributed by atoms with van der Waals surface area (Å²) < 4.78 is 5.09. The number of nitrogens with zero attached hydrogens (tertiary/aromatic N) is 1. The van der Waals surface area contributed by atoms with E-state index in [9.17, 15) is 4.79 Å². The van der Waals surface area contributed by atoms with Gasteiger partial charge in [0.2, 0.25) is 0 Å². The SMILES string of the molecule is COC(=O)C1CSC(c2ccccc2)=C(c2ccccc2)C1N(C)C. The summed E-state index contributed by atoms with van der Waals surface area (Å²) in [6.07, 6.45) is 0. The van der Waals surface area contributed by atoms with Gasteiger partial charge in [-0.05, 0) is 30.8 Å². The second-order valence-corrected chi connectivity index (χ2v) is 7.35. The zero-order valence-electron chi connectivity index (χ0n) is 14.8. The molecule has 0 spiro atoms. The van der Waals surface area contributed by atoms with Gasteiger partial charge >= 0.3 is 5.97 Å². The Bertz CT molecular complexity index is 756. The van der Waals surface area contributed by atoms with Crippen molar-refractivity contribution in [3.05, 3.63) is 71.8 Å². The fraction of sp³-hybridized carbons (Fsp3) is 0.286. The lowest BCUT2D eigenvalue weighted by Gasteiger charge is -2.38. The normalized spacial score (nSPS) is 20.6. The lowest BCUT2D eigenvalue weighted by molar-refractivity contribution is -0.145. The first-order valence-electron chi connectivity index (χ1n) is 8.35. The molecule has 0 saturated carbocycles. The summed E-state index contributed by atoms with van der Waals surface area (Å²) in [6.45, 7) is 0. The number of hydrogen-bond donors (Lipinski definition) is 0. The maximum absolute atomic E-state index is 12.4. The number of methoxy groups -OCH3 is 1. The van der Waals surface area contributed by atoms with Gasteiger partial charge in [-0.25, -0.2) is 0 Å². The highest BCUT2D eigenvalue weighted by Crippen LogP contribution is 2.46. The Hall–Kier alpha value is -2.04. The molecular formula is C21H23NO2S. The zero-order chi connectivity index (χ0) is 17.8. The highest BCUT2D eigenvalue weighted by atomic mass is 32.2. The van der Waals surface area contributed by atoms with E-state index in [4.69, 9.17) is 4.74 Å². The molecule has 0 N–H and O–H groups in total. The van der Waals surface area contributed by atoms with Gasteiger partial charge in [-0.2, -0.15) is 0 Å². The Morgan fingerprint density at radius 3 is 2.08 bits per heavy atom. The van der Waals surface area contributed by atoms with Gasteiger partial charge in [0.15, 0.2) is 0 Å². The molecule has 0 saturated heterocycles. The Labute approximate surface area is 153 Å². The second-order valence-electron chi connectivity index (χ2n) is 6.32. The predicted octanol–water partition coefficient (Wildman–Crippen LogP) is 4.02. The van der Waals surface area contributed by atoms with Crippen LogP contribution in [0, 0.1) is 5.92 Å². The number of benzene rings is 2. The fourth-order valence-corrected chi connectivity index (χ4v) is 4.75. The van der Waals surface area contributed by atoms with Crippen molar-refractivity contribution in [2.45, 2.75) is 6.04 Å². The number of esters is 1. The zero-order valence-corrected chi connectivity index (χ0v) is 15.6. The van der Waals surface area contributed by atoms with E-state index in [-0.39, 0.29) is 17.9 Å². The average Bonchev–Trinajstić information content (AvgIpc) is 2.67. The van der Waals surface area contributed by atoms with Crippen LogP contribution in [-0.4, -0.2) is 43.9 Å². The van der Waals surface area contributed by atoms with Crippen molar-refractivity contribution >= 4 is 28.2 Å². The quantitative estimate of drug-likeness (QED) is 0.777. The van der Waals surface area contributed by atoms with Crippen LogP contribution in [0.15, 0.2) is 60.7 Å². The van der Waals surface area contributed by atoms with Crippen LogP contribution < -0.4 is 0 Å². The molecule has 0 aliphatic carbocycles. The van der Waals surface area contributed by atoms with Gasteiger partial charge in [-0.1, -0.05) is 60.7 Å². The summed E-state index contributed by atoms with van der Waals surface area (Å²) in [6, 6.07) is 20.7. The number of rotatable bonds is 4. The maximum atomic E-state index is 12.4. The maximum Gasteiger partial charge on any atom is 0.311 e. The molecule has 1 aliphatic heterocycles. The summed E-state index contributed by atoms with van der Waals surface area (Å²) in [5.41, 5.74) is 3.55. The van der Waals surface area contributed by atoms with Crippen molar-refractivity contribution < 1.29 is 9.53 Å². The smallest absolute Gasteiger partial charge is 0.311 e. The number of ether oxygens (including phenoxy) is 1. The molecule has 1 heterocycles. The molecule has 2 aromatic carbocycles. The molecule has 0 fully saturated rings. The lowest BCUT2D eigenvalue weighted by Crippen LogP contribution is -2.44. The van der Waals surface area contributed by atoms with E-state index in [1.54, 1.807) is 11.8 Å². The third-order valence-corrected chi connectivity index (χ3v) is 5.78. The van der Waals surface area contributed by atoms with Gasteiger partial charge in [0.05, 0.1) is 19.1 Å². The molecule has 0 amide bonds. The van der Waals surface area contributed by atoms with Crippen molar-refractivity contribution in [1.82, 2.24) is 4.90 Å². The molecule has 0 radical (unpaired) electrons. The number of thioether (sulfide) groups is 1. The summed E-state index contributed by atoms with van der Waals surface area (Å²) in [4.78, 5) is 15.8. The molecule has 0 aromatic heterocycles. The Balaban J connectivity index is 2.20. The van der Waals surface area contributed by atoms with Crippen molar-refractivity contribution in [3.63, 3.8) is 0 Å². The molecule has 3 nitrogen and oxygen atoms in total. The third kappa shape index (κ3) is 3.65. The summed E-state index contributed by atoms with van der Waals surface area (Å²) in [5, 5.41) is 0. The van der Waals surface area contributed by atoms with Crippen LogP contribution in [0.2, 0.25) is 0 Å². The minimum atomic E-state index is -0.187. The average molecular weight is 353 g/mol. The van der Waals surface area contributed by atoms with Gasteiger partial charge in [-0.15, -0.1) is 11.8 Å². The van der Waals surface area contributed by atoms with Crippen LogP contribution >= 0.6 is 11.8 Å². The van der Waals surface area contributed by atoms with Crippen LogP contribution in [0.4, 0.5) is 0 Å². The molecule has 2 atom stereocenters. The number of carbonyl (C=O) groups excluding carboxylic acids is 1. The molecule has 25 heavy (non-hydrogen) atoms. The van der Waals surface area contributed by atoms with Crippen molar-refractivity contribution in [2.75, 3.05) is 27.0 Å². The highest BCUT2D eigenvalue weighted by molar-refractivity contribution is 8.08.